The van der Waals surface area contributed by atoms with Crippen LogP contribution in [0.15, 0.2) is 24.3 Å². The second-order valence-electron chi connectivity index (χ2n) is 3.34. The summed E-state index contributed by atoms with van der Waals surface area (Å²) in [5.74, 6) is -0.300. The van der Waals surface area contributed by atoms with E-state index in [9.17, 15) is 4.79 Å². The summed E-state index contributed by atoms with van der Waals surface area (Å²) in [4.78, 5) is 11.2. The summed E-state index contributed by atoms with van der Waals surface area (Å²) in [5, 5.41) is 3.26. The first kappa shape index (κ1) is 11.0. The molecule has 0 radical (unpaired) electrons. The fourth-order valence-electron chi connectivity index (χ4n) is 1.36. The van der Waals surface area contributed by atoms with Gasteiger partial charge in [-0.3, -0.25) is 0 Å². The van der Waals surface area contributed by atoms with Gasteiger partial charge in [0.1, 0.15) is 0 Å². The van der Waals surface area contributed by atoms with Crippen molar-refractivity contribution in [2.45, 2.75) is 25.8 Å². The summed E-state index contributed by atoms with van der Waals surface area (Å²) in [6.07, 6.45) is 6.36. The SMILES string of the molecule is C=C(CNC1CC=CC1)C(=O)OCC. The number of rotatable bonds is 5. The van der Waals surface area contributed by atoms with Crippen LogP contribution in [0.4, 0.5) is 0 Å². The summed E-state index contributed by atoms with van der Waals surface area (Å²) in [5.41, 5.74) is 0.499. The Morgan fingerprint density at radius 1 is 1.57 bits per heavy atom. The number of hydrogen-bond donors (Lipinski definition) is 1. The van der Waals surface area contributed by atoms with Crippen molar-refractivity contribution in [3.63, 3.8) is 0 Å². The number of esters is 1. The maximum Gasteiger partial charge on any atom is 0.334 e. The van der Waals surface area contributed by atoms with Gasteiger partial charge in [-0.2, -0.15) is 0 Å². The Kier molecular flexibility index (Phi) is 4.40. The van der Waals surface area contributed by atoms with E-state index in [0.29, 0.717) is 24.8 Å². The molecule has 0 spiro atoms. The van der Waals surface area contributed by atoms with E-state index in [2.05, 4.69) is 24.0 Å². The molecule has 0 saturated carbocycles. The van der Waals surface area contributed by atoms with Crippen LogP contribution in [0.25, 0.3) is 0 Å². The molecule has 1 rings (SSSR count). The summed E-state index contributed by atoms with van der Waals surface area (Å²) >= 11 is 0. The van der Waals surface area contributed by atoms with Crippen molar-refractivity contribution < 1.29 is 9.53 Å². The van der Waals surface area contributed by atoms with E-state index in [4.69, 9.17) is 4.74 Å². The predicted octanol–water partition coefficient (Wildman–Crippen LogP) is 1.41. The van der Waals surface area contributed by atoms with Gasteiger partial charge in [-0.15, -0.1) is 0 Å². The molecular formula is C11H17NO2. The molecule has 0 atom stereocenters. The third-order valence-corrected chi connectivity index (χ3v) is 2.18. The van der Waals surface area contributed by atoms with Crippen molar-refractivity contribution in [1.82, 2.24) is 5.32 Å². The number of carbonyl (C=O) groups is 1. The van der Waals surface area contributed by atoms with Crippen LogP contribution >= 0.6 is 0 Å². The molecule has 0 fully saturated rings. The standard InChI is InChI=1S/C11H17NO2/c1-3-14-11(13)9(2)8-12-10-6-4-5-7-10/h4-5,10,12H,2-3,6-8H2,1H3. The van der Waals surface area contributed by atoms with Crippen LogP contribution in [-0.4, -0.2) is 25.2 Å². The Morgan fingerprint density at radius 2 is 2.21 bits per heavy atom. The van der Waals surface area contributed by atoms with Crippen molar-refractivity contribution in [2.75, 3.05) is 13.2 Å². The molecule has 0 amide bonds. The van der Waals surface area contributed by atoms with Gasteiger partial charge in [0.2, 0.25) is 0 Å². The van der Waals surface area contributed by atoms with Gasteiger partial charge in [-0.25, -0.2) is 4.79 Å². The molecule has 0 aromatic rings. The summed E-state index contributed by atoms with van der Waals surface area (Å²) in [6, 6.07) is 0.459. The monoisotopic (exact) mass is 195 g/mol. The van der Waals surface area contributed by atoms with Crippen LogP contribution in [0.1, 0.15) is 19.8 Å². The normalized spacial score (nSPS) is 15.8. The topological polar surface area (TPSA) is 38.3 Å². The molecule has 1 N–H and O–H groups in total. The molecule has 3 heteroatoms. The molecule has 0 aromatic carbocycles. The van der Waals surface area contributed by atoms with Gasteiger partial charge in [-0.1, -0.05) is 18.7 Å². The van der Waals surface area contributed by atoms with Gasteiger partial charge in [0.25, 0.3) is 0 Å². The highest BCUT2D eigenvalue weighted by Gasteiger charge is 2.12. The second-order valence-corrected chi connectivity index (χ2v) is 3.34. The maximum absolute atomic E-state index is 11.2. The molecule has 0 heterocycles. The highest BCUT2D eigenvalue weighted by Crippen LogP contribution is 2.09. The Morgan fingerprint density at radius 3 is 2.79 bits per heavy atom. The summed E-state index contributed by atoms with van der Waals surface area (Å²) < 4.78 is 4.82. The molecule has 0 saturated heterocycles. The first-order valence-corrected chi connectivity index (χ1v) is 4.97. The lowest BCUT2D eigenvalue weighted by molar-refractivity contribution is -0.138. The van der Waals surface area contributed by atoms with E-state index in [1.807, 2.05) is 0 Å². The molecule has 3 nitrogen and oxygen atoms in total. The molecule has 0 aromatic heterocycles. The fraction of sp³-hybridized carbons (Fsp3) is 0.545. The minimum atomic E-state index is -0.300. The molecule has 78 valence electrons. The van der Waals surface area contributed by atoms with Crippen LogP contribution in [0.2, 0.25) is 0 Å². The van der Waals surface area contributed by atoms with Crippen LogP contribution in [-0.2, 0) is 9.53 Å². The zero-order valence-electron chi connectivity index (χ0n) is 8.58. The van der Waals surface area contributed by atoms with E-state index in [-0.39, 0.29) is 5.97 Å². The largest absolute Gasteiger partial charge is 0.463 e. The Labute approximate surface area is 84.8 Å². The van der Waals surface area contributed by atoms with E-state index in [1.165, 1.54) is 0 Å². The van der Waals surface area contributed by atoms with E-state index >= 15 is 0 Å². The highest BCUT2D eigenvalue weighted by molar-refractivity contribution is 5.88. The fourth-order valence-corrected chi connectivity index (χ4v) is 1.36. The van der Waals surface area contributed by atoms with Crippen LogP contribution < -0.4 is 5.32 Å². The van der Waals surface area contributed by atoms with Gasteiger partial charge >= 0.3 is 5.97 Å². The number of nitrogens with one attached hydrogen (secondary N) is 1. The predicted molar refractivity (Wildman–Crippen MR) is 55.9 cm³/mol. The average Bonchev–Trinajstić information content (AvgIpc) is 2.67. The first-order valence-electron chi connectivity index (χ1n) is 4.97. The van der Waals surface area contributed by atoms with E-state index < -0.39 is 0 Å². The Bertz CT molecular complexity index is 238. The highest BCUT2D eigenvalue weighted by atomic mass is 16.5. The number of carbonyl (C=O) groups excluding carboxylic acids is 1. The van der Waals surface area contributed by atoms with Crippen molar-refractivity contribution in [3.8, 4) is 0 Å². The third-order valence-electron chi connectivity index (χ3n) is 2.18. The zero-order chi connectivity index (χ0) is 10.4. The van der Waals surface area contributed by atoms with Crippen LogP contribution in [0, 0.1) is 0 Å². The van der Waals surface area contributed by atoms with Gasteiger partial charge in [-0.05, 0) is 19.8 Å². The molecule has 1 aliphatic rings. The van der Waals surface area contributed by atoms with Crippen molar-refractivity contribution >= 4 is 5.97 Å². The molecule has 14 heavy (non-hydrogen) atoms. The molecule has 0 bridgehead atoms. The minimum absolute atomic E-state index is 0.300. The van der Waals surface area contributed by atoms with Gasteiger partial charge < -0.3 is 10.1 Å². The van der Waals surface area contributed by atoms with Gasteiger partial charge in [0.05, 0.1) is 6.61 Å². The van der Waals surface area contributed by atoms with Crippen molar-refractivity contribution in [1.29, 1.82) is 0 Å². The van der Waals surface area contributed by atoms with E-state index in [1.54, 1.807) is 6.92 Å². The van der Waals surface area contributed by atoms with Crippen molar-refractivity contribution in [3.05, 3.63) is 24.3 Å². The lowest BCUT2D eigenvalue weighted by Crippen LogP contribution is -2.30. The molecule has 0 unspecified atom stereocenters. The maximum atomic E-state index is 11.2. The molecule has 1 aliphatic carbocycles. The lowest BCUT2D eigenvalue weighted by Gasteiger charge is -2.12. The average molecular weight is 195 g/mol. The van der Waals surface area contributed by atoms with Gasteiger partial charge in [0, 0.05) is 18.2 Å². The summed E-state index contributed by atoms with van der Waals surface area (Å²) in [6.45, 7) is 6.39. The van der Waals surface area contributed by atoms with Crippen molar-refractivity contribution in [2.24, 2.45) is 0 Å². The molecular weight excluding hydrogens is 178 g/mol. The van der Waals surface area contributed by atoms with Gasteiger partial charge in [0.15, 0.2) is 0 Å². The summed E-state index contributed by atoms with van der Waals surface area (Å²) in [7, 11) is 0. The quantitative estimate of drug-likeness (QED) is 0.409. The van der Waals surface area contributed by atoms with Crippen LogP contribution in [0.5, 0.6) is 0 Å². The third kappa shape index (κ3) is 3.34. The second kappa shape index (κ2) is 5.60. The zero-order valence-corrected chi connectivity index (χ0v) is 8.58. The smallest absolute Gasteiger partial charge is 0.334 e. The van der Waals surface area contributed by atoms with Crippen LogP contribution in [0.3, 0.4) is 0 Å². The first-order chi connectivity index (χ1) is 6.74. The Balaban J connectivity index is 2.17. The number of ether oxygens (including phenoxy) is 1. The Hall–Kier alpha value is -1.09. The van der Waals surface area contributed by atoms with E-state index in [0.717, 1.165) is 12.8 Å². The number of hydrogen-bond acceptors (Lipinski definition) is 3. The minimum Gasteiger partial charge on any atom is -0.463 e. The molecule has 0 aliphatic heterocycles. The lowest BCUT2D eigenvalue weighted by atomic mass is 10.2.